The fourth-order valence-corrected chi connectivity index (χ4v) is 6.91. The zero-order valence-corrected chi connectivity index (χ0v) is 22.0. The number of para-hydroxylation sites is 1. The molecule has 1 aliphatic rings. The van der Waals surface area contributed by atoms with Crippen LogP contribution in [0, 0.1) is 17.6 Å². The topological polar surface area (TPSA) is 92.7 Å². The third kappa shape index (κ3) is 5.11. The molecule has 1 aliphatic heterocycles. The molecule has 0 radical (unpaired) electrons. The first-order valence-corrected chi connectivity index (χ1v) is 14.1. The third-order valence-corrected chi connectivity index (χ3v) is 9.40. The van der Waals surface area contributed by atoms with Gasteiger partial charge in [-0.25, -0.2) is 22.2 Å². The van der Waals surface area contributed by atoms with Crippen LogP contribution in [0.3, 0.4) is 0 Å². The van der Waals surface area contributed by atoms with Crippen molar-refractivity contribution in [3.63, 3.8) is 0 Å². The monoisotopic (exact) mass is 558 g/mol. The van der Waals surface area contributed by atoms with Crippen molar-refractivity contribution >= 4 is 42.6 Å². The highest BCUT2D eigenvalue weighted by Crippen LogP contribution is 2.36. The van der Waals surface area contributed by atoms with Gasteiger partial charge in [0.2, 0.25) is 15.9 Å². The lowest BCUT2D eigenvalue weighted by Gasteiger charge is -2.33. The van der Waals surface area contributed by atoms with Gasteiger partial charge in [-0.15, -0.1) is 0 Å². The zero-order chi connectivity index (χ0) is 26.9. The minimum Gasteiger partial charge on any atom is -0.494 e. The van der Waals surface area contributed by atoms with E-state index in [2.05, 4.69) is 4.98 Å². The molecule has 8 nitrogen and oxygen atoms in total. The Hall–Kier alpha value is -3.48. The Balaban J connectivity index is 1.38. The second kappa shape index (κ2) is 10.7. The summed E-state index contributed by atoms with van der Waals surface area (Å²) in [7, 11) is -2.47. The van der Waals surface area contributed by atoms with E-state index in [-0.39, 0.29) is 43.3 Å². The number of halogens is 2. The minimum atomic E-state index is -4.03. The van der Waals surface area contributed by atoms with E-state index in [1.807, 2.05) is 24.3 Å². The van der Waals surface area contributed by atoms with Crippen molar-refractivity contribution in [3.05, 3.63) is 78.1 Å². The van der Waals surface area contributed by atoms with Gasteiger partial charge in [0, 0.05) is 25.2 Å². The van der Waals surface area contributed by atoms with Gasteiger partial charge in [0.1, 0.15) is 11.3 Å². The van der Waals surface area contributed by atoms with Crippen LogP contribution >= 0.6 is 11.3 Å². The van der Waals surface area contributed by atoms with Crippen molar-refractivity contribution in [2.45, 2.75) is 24.3 Å². The van der Waals surface area contributed by atoms with Gasteiger partial charge in [-0.2, -0.15) is 4.31 Å². The Morgan fingerprint density at radius 2 is 1.89 bits per heavy atom. The summed E-state index contributed by atoms with van der Waals surface area (Å²) in [6.07, 6.45) is 2.20. The molecule has 198 valence electrons. The summed E-state index contributed by atoms with van der Waals surface area (Å²) >= 11 is 1.36. The molecule has 1 amide bonds. The van der Waals surface area contributed by atoms with Crippen molar-refractivity contribution in [2.75, 3.05) is 25.1 Å². The normalized spacial score (nSPS) is 15.0. The van der Waals surface area contributed by atoms with E-state index in [1.165, 1.54) is 15.6 Å². The van der Waals surface area contributed by atoms with Crippen LogP contribution in [0.5, 0.6) is 5.75 Å². The average Bonchev–Trinajstić information content (AvgIpc) is 3.37. The summed E-state index contributed by atoms with van der Waals surface area (Å²) in [5.41, 5.74) is 1.34. The van der Waals surface area contributed by atoms with E-state index in [9.17, 15) is 22.0 Å². The van der Waals surface area contributed by atoms with E-state index in [4.69, 9.17) is 9.72 Å². The summed E-state index contributed by atoms with van der Waals surface area (Å²) in [6, 6.07) is 13.5. The second-order valence-corrected chi connectivity index (χ2v) is 11.8. The predicted molar refractivity (Wildman–Crippen MR) is 139 cm³/mol. The molecule has 0 spiro atoms. The Kier molecular flexibility index (Phi) is 7.37. The first kappa shape index (κ1) is 26.1. The molecule has 4 aromatic rings. The number of anilines is 1. The number of rotatable bonds is 7. The van der Waals surface area contributed by atoms with Crippen molar-refractivity contribution in [3.8, 4) is 5.75 Å². The lowest BCUT2D eigenvalue weighted by atomic mass is 9.96. The quantitative estimate of drug-likeness (QED) is 0.329. The Bertz CT molecular complexity index is 1570. The van der Waals surface area contributed by atoms with E-state index in [1.54, 1.807) is 30.3 Å². The van der Waals surface area contributed by atoms with Crippen molar-refractivity contribution in [1.29, 1.82) is 0 Å². The van der Waals surface area contributed by atoms with Crippen LogP contribution in [-0.4, -0.2) is 48.8 Å². The highest BCUT2D eigenvalue weighted by Gasteiger charge is 2.35. The van der Waals surface area contributed by atoms with Crippen LogP contribution < -0.4 is 9.64 Å². The predicted octanol–water partition coefficient (Wildman–Crippen LogP) is 4.61. The highest BCUT2D eigenvalue weighted by atomic mass is 32.2. The smallest absolute Gasteiger partial charge is 0.243 e. The number of methoxy groups -OCH3 is 1. The molecule has 2 aromatic heterocycles. The second-order valence-electron chi connectivity index (χ2n) is 8.80. The maximum atomic E-state index is 13.8. The number of thiazole rings is 1. The highest BCUT2D eigenvalue weighted by molar-refractivity contribution is 7.89. The number of carbonyl (C=O) groups excluding carboxylic acids is 1. The number of nitrogens with zero attached hydrogens (tertiary/aromatic N) is 4. The summed E-state index contributed by atoms with van der Waals surface area (Å²) in [5.74, 6) is -2.38. The summed E-state index contributed by atoms with van der Waals surface area (Å²) < 4.78 is 60.5. The number of piperidine rings is 1. The lowest BCUT2D eigenvalue weighted by molar-refractivity contribution is -0.123. The molecule has 0 aliphatic carbocycles. The summed E-state index contributed by atoms with van der Waals surface area (Å²) in [6.45, 7) is 0.348. The van der Waals surface area contributed by atoms with Crippen LogP contribution in [0.15, 0.2) is 65.7 Å². The van der Waals surface area contributed by atoms with E-state index < -0.39 is 27.6 Å². The van der Waals surface area contributed by atoms with Gasteiger partial charge in [0.15, 0.2) is 16.8 Å². The molecule has 0 unspecified atom stereocenters. The molecule has 0 atom stereocenters. The van der Waals surface area contributed by atoms with Crippen molar-refractivity contribution in [1.82, 2.24) is 14.3 Å². The summed E-state index contributed by atoms with van der Waals surface area (Å²) in [4.78, 5) is 24.2. The number of fused-ring (bicyclic) bond motifs is 1. The number of hydrogen-bond acceptors (Lipinski definition) is 7. The van der Waals surface area contributed by atoms with E-state index in [0.29, 0.717) is 28.2 Å². The van der Waals surface area contributed by atoms with Gasteiger partial charge < -0.3 is 4.74 Å². The van der Waals surface area contributed by atoms with E-state index in [0.717, 1.165) is 16.8 Å². The average molecular weight is 559 g/mol. The first-order valence-electron chi connectivity index (χ1n) is 11.9. The van der Waals surface area contributed by atoms with Crippen molar-refractivity contribution in [2.24, 2.45) is 5.92 Å². The molecule has 0 bridgehead atoms. The molecule has 0 N–H and O–H groups in total. The third-order valence-electron chi connectivity index (χ3n) is 6.47. The number of hydrogen-bond donors (Lipinski definition) is 0. The maximum Gasteiger partial charge on any atom is 0.243 e. The number of carbonyl (C=O) groups is 1. The van der Waals surface area contributed by atoms with Gasteiger partial charge >= 0.3 is 0 Å². The molecule has 12 heteroatoms. The molecule has 1 saturated heterocycles. The van der Waals surface area contributed by atoms with Crippen LogP contribution in [0.1, 0.15) is 18.5 Å². The lowest BCUT2D eigenvalue weighted by Crippen LogP contribution is -2.44. The molecule has 2 aromatic carbocycles. The van der Waals surface area contributed by atoms with Crippen LogP contribution in [0.25, 0.3) is 10.2 Å². The minimum absolute atomic E-state index is 0.0723. The molecule has 1 fully saturated rings. The molecule has 0 saturated carbocycles. The summed E-state index contributed by atoms with van der Waals surface area (Å²) in [5, 5.41) is 0.497. The fourth-order valence-electron chi connectivity index (χ4n) is 4.44. The number of ether oxygens (including phenoxy) is 1. The van der Waals surface area contributed by atoms with E-state index >= 15 is 0 Å². The van der Waals surface area contributed by atoms with Gasteiger partial charge in [0.05, 0.1) is 28.9 Å². The van der Waals surface area contributed by atoms with Crippen LogP contribution in [-0.2, 0) is 21.4 Å². The first-order chi connectivity index (χ1) is 18.3. The van der Waals surface area contributed by atoms with Gasteiger partial charge in [0.25, 0.3) is 0 Å². The van der Waals surface area contributed by atoms with Gasteiger partial charge in [-0.1, -0.05) is 23.5 Å². The van der Waals surface area contributed by atoms with Gasteiger partial charge in [-0.05, 0) is 55.3 Å². The Morgan fingerprint density at radius 1 is 1.11 bits per heavy atom. The number of pyridine rings is 1. The number of aromatic nitrogens is 2. The van der Waals surface area contributed by atoms with Crippen LogP contribution in [0.2, 0.25) is 0 Å². The molecule has 38 heavy (non-hydrogen) atoms. The SMILES string of the molecule is COc1cccc2sc(N(Cc3ccccn3)C(=O)C3CCN(S(=O)(=O)c4ccc(F)c(F)c4)CC3)nc12. The number of amides is 1. The van der Waals surface area contributed by atoms with Crippen molar-refractivity contribution < 1.29 is 26.7 Å². The Labute approximate surface area is 222 Å². The fraction of sp³-hybridized carbons (Fsp3) is 0.269. The molecular formula is C26H24F2N4O4S2. The zero-order valence-electron chi connectivity index (χ0n) is 20.4. The standard InChI is InChI=1S/C26H24F2N4O4S2/c1-36-22-6-4-7-23-24(22)30-26(37-23)32(16-18-5-2-3-12-29-18)25(33)17-10-13-31(14-11-17)38(34,35)19-8-9-20(27)21(28)15-19/h2-9,12,15,17H,10-11,13-14,16H2,1H3. The molecular weight excluding hydrogens is 534 g/mol. The molecule has 5 rings (SSSR count). The molecule has 3 heterocycles. The van der Waals surface area contributed by atoms with Gasteiger partial charge in [-0.3, -0.25) is 14.7 Å². The largest absolute Gasteiger partial charge is 0.494 e. The maximum absolute atomic E-state index is 13.8. The Morgan fingerprint density at radius 3 is 2.58 bits per heavy atom. The number of benzene rings is 2. The van der Waals surface area contributed by atoms with Crippen LogP contribution in [0.4, 0.5) is 13.9 Å². The number of sulfonamides is 1.